The van der Waals surface area contributed by atoms with Crippen LogP contribution in [0.5, 0.6) is 5.75 Å². The quantitative estimate of drug-likeness (QED) is 0.548. The highest BCUT2D eigenvalue weighted by Gasteiger charge is 2.11. The van der Waals surface area contributed by atoms with E-state index < -0.39 is 0 Å². The fourth-order valence-electron chi connectivity index (χ4n) is 2.50. The highest BCUT2D eigenvalue weighted by molar-refractivity contribution is 6.07. The summed E-state index contributed by atoms with van der Waals surface area (Å²) in [5.74, 6) is 0.737. The fraction of sp³-hybridized carbons (Fsp3) is 0.368. The molecule has 0 amide bonds. The number of hydrogen-bond donors (Lipinski definition) is 0. The first-order chi connectivity index (χ1) is 11.6. The van der Waals surface area contributed by atoms with Crippen molar-refractivity contribution in [1.82, 2.24) is 9.78 Å². The molecule has 0 N–H and O–H groups in total. The molecule has 0 saturated carbocycles. The number of carbonyl (C=O) groups excluding carboxylic acids is 1. The molecular weight excluding hydrogens is 304 g/mol. The summed E-state index contributed by atoms with van der Waals surface area (Å²) in [5, 5.41) is 4.21. The molecule has 1 heterocycles. The van der Waals surface area contributed by atoms with Gasteiger partial charge in [0.1, 0.15) is 5.75 Å². The molecule has 5 heteroatoms. The minimum atomic E-state index is -0.0469. The van der Waals surface area contributed by atoms with E-state index in [-0.39, 0.29) is 5.78 Å². The van der Waals surface area contributed by atoms with Crippen LogP contribution in [-0.2, 0) is 17.9 Å². The van der Waals surface area contributed by atoms with Gasteiger partial charge in [-0.15, -0.1) is 0 Å². The number of ketones is 1. The Bertz CT molecular complexity index is 732. The second kappa shape index (κ2) is 8.45. The third kappa shape index (κ3) is 4.11. The molecule has 5 nitrogen and oxygen atoms in total. The number of rotatable bonds is 8. The second-order valence-electron chi connectivity index (χ2n) is 5.37. The molecule has 1 aromatic heterocycles. The maximum Gasteiger partial charge on any atom is 0.189 e. The van der Waals surface area contributed by atoms with Gasteiger partial charge in [0.15, 0.2) is 5.78 Å². The lowest BCUT2D eigenvalue weighted by Gasteiger charge is -2.09. The fourth-order valence-corrected chi connectivity index (χ4v) is 2.50. The van der Waals surface area contributed by atoms with Crippen LogP contribution in [0.1, 0.15) is 41.0 Å². The number of allylic oxidation sites excluding steroid dienone is 1. The van der Waals surface area contributed by atoms with Gasteiger partial charge in [0.05, 0.1) is 25.5 Å². The molecular formula is C19H24N2O3. The lowest BCUT2D eigenvalue weighted by atomic mass is 10.1. The van der Waals surface area contributed by atoms with Crippen LogP contribution in [0.25, 0.3) is 6.08 Å². The Labute approximate surface area is 142 Å². The van der Waals surface area contributed by atoms with E-state index in [1.54, 1.807) is 25.5 Å². The standard InChI is InChI=1S/C19H24N2O3/c1-5-21-14(3)17(12-20-21)18(22)9-7-15-8-10-19(23-4)16(11-15)13-24-6-2/h7-12H,5-6,13H2,1-4H3/b9-7+. The van der Waals surface area contributed by atoms with E-state index in [2.05, 4.69) is 5.10 Å². The average molecular weight is 328 g/mol. The lowest BCUT2D eigenvalue weighted by Crippen LogP contribution is -2.01. The number of hydrogen-bond acceptors (Lipinski definition) is 4. The predicted octanol–water partition coefficient (Wildman–Crippen LogP) is 3.65. The highest BCUT2D eigenvalue weighted by atomic mass is 16.5. The molecule has 0 spiro atoms. The van der Waals surface area contributed by atoms with E-state index in [1.165, 1.54) is 0 Å². The molecule has 0 unspecified atom stereocenters. The summed E-state index contributed by atoms with van der Waals surface area (Å²) in [7, 11) is 1.64. The van der Waals surface area contributed by atoms with Gasteiger partial charge in [-0.1, -0.05) is 12.1 Å². The van der Waals surface area contributed by atoms with Gasteiger partial charge in [-0.3, -0.25) is 9.48 Å². The number of aromatic nitrogens is 2. The van der Waals surface area contributed by atoms with Crippen LogP contribution in [0.4, 0.5) is 0 Å². The summed E-state index contributed by atoms with van der Waals surface area (Å²) in [6, 6.07) is 5.78. The van der Waals surface area contributed by atoms with E-state index in [9.17, 15) is 4.79 Å². The molecule has 2 aromatic rings. The maximum atomic E-state index is 12.4. The SMILES string of the molecule is CCOCc1cc(/C=C/C(=O)c2cnn(CC)c2C)ccc1OC. The normalized spacial score (nSPS) is 11.2. The minimum Gasteiger partial charge on any atom is -0.496 e. The van der Waals surface area contributed by atoms with E-state index in [0.29, 0.717) is 18.8 Å². The van der Waals surface area contributed by atoms with Crippen molar-refractivity contribution in [2.75, 3.05) is 13.7 Å². The molecule has 24 heavy (non-hydrogen) atoms. The number of ether oxygens (including phenoxy) is 2. The van der Waals surface area contributed by atoms with Gasteiger partial charge in [-0.2, -0.15) is 5.10 Å². The van der Waals surface area contributed by atoms with Crippen molar-refractivity contribution in [2.24, 2.45) is 0 Å². The molecule has 2 rings (SSSR count). The summed E-state index contributed by atoms with van der Waals surface area (Å²) in [6.07, 6.45) is 5.01. The molecule has 0 bridgehead atoms. The number of benzene rings is 1. The Morgan fingerprint density at radius 1 is 1.33 bits per heavy atom. The Morgan fingerprint density at radius 3 is 2.75 bits per heavy atom. The minimum absolute atomic E-state index is 0.0469. The third-order valence-electron chi connectivity index (χ3n) is 3.86. The summed E-state index contributed by atoms with van der Waals surface area (Å²) < 4.78 is 12.6. The summed E-state index contributed by atoms with van der Waals surface area (Å²) >= 11 is 0. The second-order valence-corrected chi connectivity index (χ2v) is 5.37. The molecule has 0 radical (unpaired) electrons. The first-order valence-corrected chi connectivity index (χ1v) is 8.10. The molecule has 0 aliphatic heterocycles. The molecule has 0 saturated heterocycles. The van der Waals surface area contributed by atoms with Crippen molar-refractivity contribution >= 4 is 11.9 Å². The summed E-state index contributed by atoms with van der Waals surface area (Å²) in [4.78, 5) is 12.4. The van der Waals surface area contributed by atoms with Crippen LogP contribution in [0.2, 0.25) is 0 Å². The monoisotopic (exact) mass is 328 g/mol. The zero-order valence-electron chi connectivity index (χ0n) is 14.7. The molecule has 1 aromatic carbocycles. The van der Waals surface area contributed by atoms with Gasteiger partial charge in [0.2, 0.25) is 0 Å². The van der Waals surface area contributed by atoms with Crippen LogP contribution in [0.3, 0.4) is 0 Å². The van der Waals surface area contributed by atoms with E-state index in [4.69, 9.17) is 9.47 Å². The number of carbonyl (C=O) groups is 1. The van der Waals surface area contributed by atoms with E-state index in [0.717, 1.165) is 29.1 Å². The lowest BCUT2D eigenvalue weighted by molar-refractivity contribution is 0.104. The van der Waals surface area contributed by atoms with Crippen LogP contribution in [0.15, 0.2) is 30.5 Å². The van der Waals surface area contributed by atoms with Crippen molar-refractivity contribution in [3.63, 3.8) is 0 Å². The van der Waals surface area contributed by atoms with Gasteiger partial charge in [0, 0.05) is 24.4 Å². The summed E-state index contributed by atoms with van der Waals surface area (Å²) in [5.41, 5.74) is 3.42. The molecule has 128 valence electrons. The van der Waals surface area contributed by atoms with Crippen LogP contribution in [0, 0.1) is 6.92 Å². The smallest absolute Gasteiger partial charge is 0.189 e. The highest BCUT2D eigenvalue weighted by Crippen LogP contribution is 2.22. The number of nitrogens with zero attached hydrogens (tertiary/aromatic N) is 2. The van der Waals surface area contributed by atoms with E-state index >= 15 is 0 Å². The van der Waals surface area contributed by atoms with Crippen molar-refractivity contribution < 1.29 is 14.3 Å². The zero-order chi connectivity index (χ0) is 17.5. The Kier molecular flexibility index (Phi) is 6.32. The van der Waals surface area contributed by atoms with Crippen LogP contribution >= 0.6 is 0 Å². The topological polar surface area (TPSA) is 53.3 Å². The van der Waals surface area contributed by atoms with Crippen LogP contribution in [-0.4, -0.2) is 29.3 Å². The number of aryl methyl sites for hydroxylation is 1. The molecule has 0 fully saturated rings. The zero-order valence-corrected chi connectivity index (χ0v) is 14.7. The Hall–Kier alpha value is -2.40. The van der Waals surface area contributed by atoms with Crippen molar-refractivity contribution in [3.05, 3.63) is 52.9 Å². The molecule has 0 aliphatic carbocycles. The van der Waals surface area contributed by atoms with Crippen LogP contribution < -0.4 is 4.74 Å². The Balaban J connectivity index is 2.18. The van der Waals surface area contributed by atoms with Crippen molar-refractivity contribution in [1.29, 1.82) is 0 Å². The third-order valence-corrected chi connectivity index (χ3v) is 3.86. The van der Waals surface area contributed by atoms with Gasteiger partial charge in [-0.05, 0) is 44.5 Å². The maximum absolute atomic E-state index is 12.4. The summed E-state index contributed by atoms with van der Waals surface area (Å²) in [6.45, 7) is 7.74. The first kappa shape index (κ1) is 17.9. The van der Waals surface area contributed by atoms with Crippen molar-refractivity contribution in [3.8, 4) is 5.75 Å². The predicted molar refractivity (Wildman–Crippen MR) is 94.3 cm³/mol. The average Bonchev–Trinajstić information content (AvgIpc) is 2.98. The molecule has 0 atom stereocenters. The van der Waals surface area contributed by atoms with Gasteiger partial charge in [0.25, 0.3) is 0 Å². The Morgan fingerprint density at radius 2 is 2.12 bits per heavy atom. The van der Waals surface area contributed by atoms with Gasteiger partial charge >= 0.3 is 0 Å². The number of methoxy groups -OCH3 is 1. The first-order valence-electron chi connectivity index (χ1n) is 8.10. The van der Waals surface area contributed by atoms with Crippen molar-refractivity contribution in [2.45, 2.75) is 33.9 Å². The van der Waals surface area contributed by atoms with E-state index in [1.807, 2.05) is 43.7 Å². The molecule has 0 aliphatic rings. The van der Waals surface area contributed by atoms with Gasteiger partial charge in [-0.25, -0.2) is 0 Å². The largest absolute Gasteiger partial charge is 0.496 e. The van der Waals surface area contributed by atoms with Gasteiger partial charge < -0.3 is 9.47 Å².